The summed E-state index contributed by atoms with van der Waals surface area (Å²) in [6, 6.07) is 7.35. The molecule has 30 heavy (non-hydrogen) atoms. The van der Waals surface area contributed by atoms with Crippen molar-refractivity contribution in [2.24, 2.45) is 11.8 Å². The van der Waals surface area contributed by atoms with Gasteiger partial charge in [0.1, 0.15) is 11.9 Å². The summed E-state index contributed by atoms with van der Waals surface area (Å²) in [7, 11) is 1.59. The van der Waals surface area contributed by atoms with Crippen LogP contribution in [0.25, 0.3) is 0 Å². The Kier molecular flexibility index (Phi) is 5.12. The summed E-state index contributed by atoms with van der Waals surface area (Å²) in [5.74, 6) is 0.927. The smallest absolute Gasteiger partial charge is 0.251 e. The molecule has 0 bridgehead atoms. The van der Waals surface area contributed by atoms with E-state index in [2.05, 4.69) is 27.5 Å². The Balaban J connectivity index is 1.80. The molecule has 2 N–H and O–H groups in total. The monoisotopic (exact) mass is 404 g/mol. The molecule has 2 amide bonds. The number of hydrogen-bond acceptors (Lipinski definition) is 6. The molecule has 1 saturated carbocycles. The number of rotatable bonds is 4. The summed E-state index contributed by atoms with van der Waals surface area (Å²) in [6.07, 6.45) is 5.18. The second-order valence-corrected chi connectivity index (χ2v) is 7.95. The van der Waals surface area contributed by atoms with Gasteiger partial charge >= 0.3 is 0 Å². The minimum Gasteiger partial charge on any atom is -0.362 e. The van der Waals surface area contributed by atoms with Crippen LogP contribution in [0.4, 0.5) is 11.5 Å². The zero-order valence-electron chi connectivity index (χ0n) is 17.2. The second kappa shape index (κ2) is 7.75. The van der Waals surface area contributed by atoms with Gasteiger partial charge in [-0.25, -0.2) is 9.97 Å². The first-order chi connectivity index (χ1) is 14.4. The highest BCUT2D eigenvalue weighted by molar-refractivity contribution is 5.98. The average Bonchev–Trinajstić information content (AvgIpc) is 3.59. The van der Waals surface area contributed by atoms with E-state index in [1.807, 2.05) is 23.1 Å². The summed E-state index contributed by atoms with van der Waals surface area (Å²) >= 11 is 0. The van der Waals surface area contributed by atoms with E-state index in [9.17, 15) is 9.59 Å². The van der Waals surface area contributed by atoms with Crippen LogP contribution in [0, 0.1) is 23.2 Å². The number of amides is 2. The first kappa shape index (κ1) is 19.8. The molecule has 1 fully saturated rings. The molecule has 154 valence electrons. The minimum atomic E-state index is -0.180. The summed E-state index contributed by atoms with van der Waals surface area (Å²) in [5.41, 5.74) is 2.49. The van der Waals surface area contributed by atoms with E-state index in [0.717, 1.165) is 24.1 Å². The molecule has 0 radical (unpaired) electrons. The molecule has 4 rings (SSSR count). The maximum atomic E-state index is 12.6. The van der Waals surface area contributed by atoms with Crippen molar-refractivity contribution in [2.75, 3.05) is 17.3 Å². The first-order valence-electron chi connectivity index (χ1n) is 10.1. The lowest BCUT2D eigenvalue weighted by atomic mass is 9.79. The van der Waals surface area contributed by atoms with Crippen LogP contribution in [0.5, 0.6) is 0 Å². The van der Waals surface area contributed by atoms with Gasteiger partial charge in [0.05, 0.1) is 18.4 Å². The van der Waals surface area contributed by atoms with Gasteiger partial charge in [0.25, 0.3) is 5.91 Å². The number of anilines is 2. The van der Waals surface area contributed by atoms with E-state index in [1.165, 1.54) is 12.4 Å². The minimum absolute atomic E-state index is 0.00399. The van der Waals surface area contributed by atoms with Crippen LogP contribution in [0.1, 0.15) is 54.3 Å². The van der Waals surface area contributed by atoms with Crippen molar-refractivity contribution in [3.05, 3.63) is 47.4 Å². The van der Waals surface area contributed by atoms with Crippen LogP contribution in [-0.4, -0.2) is 34.9 Å². The van der Waals surface area contributed by atoms with Gasteiger partial charge in [-0.05, 0) is 42.5 Å². The zero-order valence-corrected chi connectivity index (χ0v) is 17.2. The summed E-state index contributed by atoms with van der Waals surface area (Å²) in [4.78, 5) is 35.2. The number of hydrogen-bond donors (Lipinski definition) is 2. The van der Waals surface area contributed by atoms with E-state index in [-0.39, 0.29) is 35.5 Å². The van der Waals surface area contributed by atoms with Crippen LogP contribution in [0.15, 0.2) is 30.6 Å². The van der Waals surface area contributed by atoms with Crippen molar-refractivity contribution in [3.63, 3.8) is 0 Å². The van der Waals surface area contributed by atoms with Crippen LogP contribution in [-0.2, 0) is 4.79 Å². The Labute approximate surface area is 175 Å². The van der Waals surface area contributed by atoms with Gasteiger partial charge in [0, 0.05) is 37.2 Å². The number of benzene rings is 1. The lowest BCUT2D eigenvalue weighted by Crippen LogP contribution is -2.51. The van der Waals surface area contributed by atoms with Crippen LogP contribution in [0.2, 0.25) is 0 Å². The van der Waals surface area contributed by atoms with E-state index in [0.29, 0.717) is 17.3 Å². The SMILES string of the molecule is CNC(=O)c1ccc2c(c1)C(Nc1cnc(C#N)cn1)[C@@H](C)[C@H](C1CC1)N2C(C)=O. The van der Waals surface area contributed by atoms with Gasteiger partial charge in [-0.2, -0.15) is 5.26 Å². The molecule has 1 unspecified atom stereocenters. The van der Waals surface area contributed by atoms with E-state index in [1.54, 1.807) is 20.0 Å². The second-order valence-electron chi connectivity index (χ2n) is 7.95. The molecule has 0 spiro atoms. The van der Waals surface area contributed by atoms with Crippen molar-refractivity contribution in [3.8, 4) is 6.07 Å². The molecule has 1 aromatic heterocycles. The molecule has 1 aromatic carbocycles. The van der Waals surface area contributed by atoms with E-state index >= 15 is 0 Å². The molecule has 2 heterocycles. The maximum Gasteiger partial charge on any atom is 0.251 e. The van der Waals surface area contributed by atoms with Crippen molar-refractivity contribution >= 4 is 23.3 Å². The molecule has 1 aliphatic carbocycles. The fourth-order valence-corrected chi connectivity index (χ4v) is 4.47. The highest BCUT2D eigenvalue weighted by atomic mass is 16.2. The Morgan fingerprint density at radius 1 is 1.23 bits per heavy atom. The third-order valence-electron chi connectivity index (χ3n) is 5.99. The highest BCUT2D eigenvalue weighted by Crippen LogP contribution is 2.50. The Bertz CT molecular complexity index is 1020. The number of fused-ring (bicyclic) bond motifs is 1. The quantitative estimate of drug-likeness (QED) is 0.810. The largest absolute Gasteiger partial charge is 0.362 e. The van der Waals surface area contributed by atoms with Gasteiger partial charge in [0.15, 0.2) is 5.69 Å². The van der Waals surface area contributed by atoms with Crippen molar-refractivity contribution in [2.45, 2.75) is 38.8 Å². The first-order valence-corrected chi connectivity index (χ1v) is 10.1. The van der Waals surface area contributed by atoms with Gasteiger partial charge in [-0.3, -0.25) is 9.59 Å². The van der Waals surface area contributed by atoms with Crippen molar-refractivity contribution in [1.29, 1.82) is 5.26 Å². The fraction of sp³-hybridized carbons (Fsp3) is 0.409. The van der Waals surface area contributed by atoms with Gasteiger partial charge in [0.2, 0.25) is 5.91 Å². The molecule has 8 heteroatoms. The van der Waals surface area contributed by atoms with Crippen LogP contribution >= 0.6 is 0 Å². The van der Waals surface area contributed by atoms with Gasteiger partial charge in [-0.1, -0.05) is 6.92 Å². The van der Waals surface area contributed by atoms with Crippen molar-refractivity contribution < 1.29 is 9.59 Å². The number of carbonyl (C=O) groups is 2. The Hall–Kier alpha value is -3.47. The predicted molar refractivity (Wildman–Crippen MR) is 112 cm³/mol. The Morgan fingerprint density at radius 2 is 2.00 bits per heavy atom. The summed E-state index contributed by atoms with van der Waals surface area (Å²) < 4.78 is 0. The number of nitrogens with zero attached hydrogens (tertiary/aromatic N) is 4. The molecule has 2 aliphatic rings. The average molecular weight is 404 g/mol. The third-order valence-corrected chi connectivity index (χ3v) is 5.99. The predicted octanol–water partition coefficient (Wildman–Crippen LogP) is 2.64. The number of aromatic nitrogens is 2. The summed E-state index contributed by atoms with van der Waals surface area (Å²) in [5, 5.41) is 15.1. The molecule has 3 atom stereocenters. The number of carbonyl (C=O) groups excluding carboxylic acids is 2. The molecule has 0 saturated heterocycles. The lowest BCUT2D eigenvalue weighted by Gasteiger charge is -2.46. The van der Waals surface area contributed by atoms with Crippen LogP contribution < -0.4 is 15.5 Å². The normalized spacial score (nSPS) is 22.6. The van der Waals surface area contributed by atoms with E-state index < -0.39 is 0 Å². The van der Waals surface area contributed by atoms with E-state index in [4.69, 9.17) is 5.26 Å². The topological polar surface area (TPSA) is 111 Å². The van der Waals surface area contributed by atoms with Crippen molar-refractivity contribution in [1.82, 2.24) is 15.3 Å². The molecule has 8 nitrogen and oxygen atoms in total. The standard InChI is InChI=1S/C22H24N6O2/c1-12-20(27-19-11-25-16(9-23)10-26-19)17-8-15(22(30)24-3)6-7-18(17)28(13(2)29)21(12)14-4-5-14/h6-8,10-12,14,20-21H,4-5H2,1-3H3,(H,24,30)(H,26,27)/t12-,20?,21-/m1/s1. The fourth-order valence-electron chi connectivity index (χ4n) is 4.47. The zero-order chi connectivity index (χ0) is 21.4. The van der Waals surface area contributed by atoms with Crippen LogP contribution in [0.3, 0.4) is 0 Å². The molecule has 2 aromatic rings. The number of nitriles is 1. The number of nitrogens with one attached hydrogen (secondary N) is 2. The Morgan fingerprint density at radius 3 is 2.57 bits per heavy atom. The van der Waals surface area contributed by atoms with Gasteiger partial charge < -0.3 is 15.5 Å². The molecular weight excluding hydrogens is 380 g/mol. The highest BCUT2D eigenvalue weighted by Gasteiger charge is 2.47. The molecule has 1 aliphatic heterocycles. The van der Waals surface area contributed by atoms with Gasteiger partial charge in [-0.15, -0.1) is 0 Å². The third kappa shape index (κ3) is 3.47. The lowest BCUT2D eigenvalue weighted by molar-refractivity contribution is -0.117. The maximum absolute atomic E-state index is 12.6. The summed E-state index contributed by atoms with van der Waals surface area (Å²) in [6.45, 7) is 3.72. The molecular formula is C22H24N6O2.